The molecule has 1 aliphatic rings. The lowest BCUT2D eigenvalue weighted by Gasteiger charge is -2.22. The quantitative estimate of drug-likeness (QED) is 0.553. The number of anilines is 1. The second-order valence-electron chi connectivity index (χ2n) is 8.16. The molecule has 1 saturated heterocycles. The van der Waals surface area contributed by atoms with Crippen molar-refractivity contribution in [1.29, 1.82) is 0 Å². The van der Waals surface area contributed by atoms with Gasteiger partial charge in [-0.2, -0.15) is 0 Å². The summed E-state index contributed by atoms with van der Waals surface area (Å²) in [6.07, 6.45) is 6.37. The monoisotopic (exact) mass is 415 g/mol. The number of rotatable bonds is 12. The van der Waals surface area contributed by atoms with Crippen LogP contribution >= 0.6 is 0 Å². The van der Waals surface area contributed by atoms with Crippen LogP contribution in [-0.4, -0.2) is 53.7 Å². The maximum atomic E-state index is 12.9. The van der Waals surface area contributed by atoms with Gasteiger partial charge >= 0.3 is 0 Å². The highest BCUT2D eigenvalue weighted by Crippen LogP contribution is 2.21. The fraction of sp³-hybridized carbons (Fsp3) is 0.625. The van der Waals surface area contributed by atoms with Gasteiger partial charge in [0.05, 0.1) is 5.92 Å². The van der Waals surface area contributed by atoms with Crippen molar-refractivity contribution in [2.45, 2.75) is 65.7 Å². The Morgan fingerprint density at radius 2 is 1.60 bits per heavy atom. The van der Waals surface area contributed by atoms with Crippen LogP contribution in [0.4, 0.5) is 5.69 Å². The first-order valence-corrected chi connectivity index (χ1v) is 11.5. The molecule has 1 aromatic rings. The van der Waals surface area contributed by atoms with Crippen molar-refractivity contribution >= 4 is 23.4 Å². The fourth-order valence-electron chi connectivity index (χ4n) is 3.65. The third-order valence-electron chi connectivity index (χ3n) is 5.62. The molecule has 3 amide bonds. The van der Waals surface area contributed by atoms with Gasteiger partial charge in [0.1, 0.15) is 0 Å². The molecule has 1 unspecified atom stereocenters. The van der Waals surface area contributed by atoms with Gasteiger partial charge in [-0.15, -0.1) is 0 Å². The molecule has 1 fully saturated rings. The number of unbranched alkanes of at least 4 members (excludes halogenated alkanes) is 3. The third-order valence-corrected chi connectivity index (χ3v) is 5.62. The largest absolute Gasteiger partial charge is 0.342 e. The van der Waals surface area contributed by atoms with Crippen LogP contribution in [0.25, 0.3) is 0 Å². The summed E-state index contributed by atoms with van der Waals surface area (Å²) in [4.78, 5) is 41.2. The molecule has 6 nitrogen and oxygen atoms in total. The summed E-state index contributed by atoms with van der Waals surface area (Å²) in [5.41, 5.74) is 1.30. The number of benzene rings is 1. The van der Waals surface area contributed by atoms with Gasteiger partial charge in [-0.3, -0.25) is 14.4 Å². The third kappa shape index (κ3) is 6.85. The van der Waals surface area contributed by atoms with Gasteiger partial charge < -0.3 is 15.1 Å². The Kier molecular flexibility index (Phi) is 9.84. The van der Waals surface area contributed by atoms with Crippen LogP contribution < -0.4 is 5.32 Å². The highest BCUT2D eigenvalue weighted by Gasteiger charge is 2.33. The van der Waals surface area contributed by atoms with E-state index in [0.29, 0.717) is 17.8 Å². The second-order valence-corrected chi connectivity index (χ2v) is 8.16. The van der Waals surface area contributed by atoms with Crippen molar-refractivity contribution in [3.05, 3.63) is 29.8 Å². The Bertz CT molecular complexity index is 694. The van der Waals surface area contributed by atoms with Crippen molar-refractivity contribution in [2.75, 3.05) is 31.5 Å². The number of hydrogen-bond acceptors (Lipinski definition) is 3. The summed E-state index contributed by atoms with van der Waals surface area (Å²) in [7, 11) is 0. The van der Waals surface area contributed by atoms with Crippen LogP contribution in [0.5, 0.6) is 0 Å². The standard InChI is InChI=1S/C24H37N3O3/c1-4-7-14-26(15-8-5-2)24(30)19-10-12-21(13-11-19)25-23(29)20-17-22(28)27(18-20)16-9-6-3/h10-13,20H,4-9,14-18H2,1-3H3,(H,25,29). The van der Waals surface area contributed by atoms with E-state index in [1.165, 1.54) is 0 Å². The van der Waals surface area contributed by atoms with Crippen molar-refractivity contribution in [3.8, 4) is 0 Å². The van der Waals surface area contributed by atoms with Gasteiger partial charge in [-0.05, 0) is 43.5 Å². The number of likely N-dealkylation sites (tertiary alicyclic amines) is 1. The number of nitrogens with zero attached hydrogens (tertiary/aromatic N) is 2. The van der Waals surface area contributed by atoms with Gasteiger partial charge in [0.2, 0.25) is 11.8 Å². The molecule has 2 rings (SSSR count). The Hall–Kier alpha value is -2.37. The van der Waals surface area contributed by atoms with Gasteiger partial charge in [0, 0.05) is 43.9 Å². The lowest BCUT2D eigenvalue weighted by Crippen LogP contribution is -2.33. The van der Waals surface area contributed by atoms with Crippen molar-refractivity contribution in [1.82, 2.24) is 9.80 Å². The van der Waals surface area contributed by atoms with Crippen molar-refractivity contribution < 1.29 is 14.4 Å². The van der Waals surface area contributed by atoms with Crippen LogP contribution in [0.1, 0.15) is 76.1 Å². The Morgan fingerprint density at radius 1 is 1.00 bits per heavy atom. The number of amides is 3. The van der Waals surface area contributed by atoms with Crippen LogP contribution in [0, 0.1) is 5.92 Å². The van der Waals surface area contributed by atoms with E-state index in [1.807, 2.05) is 4.90 Å². The summed E-state index contributed by atoms with van der Waals surface area (Å²) >= 11 is 0. The van der Waals surface area contributed by atoms with Gasteiger partial charge in [0.25, 0.3) is 5.91 Å². The average molecular weight is 416 g/mol. The zero-order valence-electron chi connectivity index (χ0n) is 18.8. The van der Waals surface area contributed by atoms with Crippen molar-refractivity contribution in [2.24, 2.45) is 5.92 Å². The topological polar surface area (TPSA) is 69.7 Å². The number of nitrogens with one attached hydrogen (secondary N) is 1. The van der Waals surface area contributed by atoms with E-state index in [9.17, 15) is 14.4 Å². The average Bonchev–Trinajstić information content (AvgIpc) is 3.13. The Balaban J connectivity index is 1.94. The summed E-state index contributed by atoms with van der Waals surface area (Å²) in [5.74, 6) is -0.338. The maximum absolute atomic E-state index is 12.9. The number of carbonyl (C=O) groups is 3. The van der Waals surface area contributed by atoms with E-state index in [-0.39, 0.29) is 30.1 Å². The van der Waals surface area contributed by atoms with Crippen LogP contribution in [0.2, 0.25) is 0 Å². The Labute approximate surface area is 181 Å². The second kappa shape index (κ2) is 12.4. The molecule has 1 atom stereocenters. The molecule has 6 heteroatoms. The first-order valence-electron chi connectivity index (χ1n) is 11.5. The van der Waals surface area contributed by atoms with E-state index in [1.54, 1.807) is 29.2 Å². The van der Waals surface area contributed by atoms with Gasteiger partial charge in [-0.1, -0.05) is 40.0 Å². The molecule has 0 saturated carbocycles. The van der Waals surface area contributed by atoms with E-state index >= 15 is 0 Å². The molecule has 30 heavy (non-hydrogen) atoms. The molecule has 1 heterocycles. The Morgan fingerprint density at radius 3 is 2.17 bits per heavy atom. The zero-order chi connectivity index (χ0) is 21.9. The normalized spacial score (nSPS) is 16.0. The van der Waals surface area contributed by atoms with E-state index in [4.69, 9.17) is 0 Å². The minimum absolute atomic E-state index is 0.0442. The molecular formula is C24H37N3O3. The molecule has 0 bridgehead atoms. The number of carbonyl (C=O) groups excluding carboxylic acids is 3. The summed E-state index contributed by atoms with van der Waals surface area (Å²) in [6.45, 7) is 9.11. The molecule has 1 aliphatic heterocycles. The zero-order valence-corrected chi connectivity index (χ0v) is 18.8. The fourth-order valence-corrected chi connectivity index (χ4v) is 3.65. The molecule has 0 spiro atoms. The minimum Gasteiger partial charge on any atom is -0.342 e. The SMILES string of the molecule is CCCCN1CC(C(=O)Nc2ccc(C(=O)N(CCCC)CCCC)cc2)CC1=O. The van der Waals surface area contributed by atoms with Crippen LogP contribution in [0.3, 0.4) is 0 Å². The van der Waals surface area contributed by atoms with Crippen molar-refractivity contribution in [3.63, 3.8) is 0 Å². The maximum Gasteiger partial charge on any atom is 0.253 e. The lowest BCUT2D eigenvalue weighted by molar-refractivity contribution is -0.128. The van der Waals surface area contributed by atoms with Crippen LogP contribution in [0.15, 0.2) is 24.3 Å². The summed E-state index contributed by atoms with van der Waals surface area (Å²) in [5, 5.41) is 2.90. The summed E-state index contributed by atoms with van der Waals surface area (Å²) < 4.78 is 0. The predicted molar refractivity (Wildman–Crippen MR) is 120 cm³/mol. The smallest absolute Gasteiger partial charge is 0.253 e. The first kappa shape index (κ1) is 23.9. The highest BCUT2D eigenvalue weighted by molar-refractivity contribution is 5.98. The predicted octanol–water partition coefficient (Wildman–Crippen LogP) is 4.32. The molecule has 166 valence electrons. The van der Waals surface area contributed by atoms with Crippen LogP contribution in [-0.2, 0) is 9.59 Å². The lowest BCUT2D eigenvalue weighted by atomic mass is 10.1. The molecule has 1 N–H and O–H groups in total. The highest BCUT2D eigenvalue weighted by atomic mass is 16.2. The molecule has 0 aliphatic carbocycles. The summed E-state index contributed by atoms with van der Waals surface area (Å²) in [6, 6.07) is 7.09. The molecule has 0 radical (unpaired) electrons. The van der Waals surface area contributed by atoms with E-state index < -0.39 is 0 Å². The van der Waals surface area contributed by atoms with Gasteiger partial charge in [-0.25, -0.2) is 0 Å². The minimum atomic E-state index is -0.311. The molecule has 0 aromatic heterocycles. The van der Waals surface area contributed by atoms with Gasteiger partial charge in [0.15, 0.2) is 0 Å². The van der Waals surface area contributed by atoms with E-state index in [0.717, 1.165) is 58.2 Å². The first-order chi connectivity index (χ1) is 14.5. The molecular weight excluding hydrogens is 378 g/mol. The number of hydrogen-bond donors (Lipinski definition) is 1. The molecule has 1 aromatic carbocycles. The van der Waals surface area contributed by atoms with E-state index in [2.05, 4.69) is 26.1 Å².